The van der Waals surface area contributed by atoms with Crippen LogP contribution in [-0.4, -0.2) is 74.5 Å². The number of ether oxygens (including phenoxy) is 3. The van der Waals surface area contributed by atoms with Crippen molar-refractivity contribution in [1.29, 1.82) is 0 Å². The highest BCUT2D eigenvalue weighted by atomic mass is 16.5. The second kappa shape index (κ2) is 9.63. The predicted octanol–water partition coefficient (Wildman–Crippen LogP) is 1.72. The largest absolute Gasteiger partial charge is 0.467 e. The third kappa shape index (κ3) is 3.45. The van der Waals surface area contributed by atoms with Crippen molar-refractivity contribution < 1.29 is 33.4 Å². The molecule has 1 spiro atoms. The monoisotopic (exact) mass is 519 g/mol. The number of carbonyl (C=O) groups excluding carboxylic acids is 4. The summed E-state index contributed by atoms with van der Waals surface area (Å²) < 4.78 is 15.3. The average molecular weight is 520 g/mol. The Balaban J connectivity index is 1.85. The first-order valence-corrected chi connectivity index (χ1v) is 12.5. The van der Waals surface area contributed by atoms with Gasteiger partial charge in [0.1, 0.15) is 11.9 Å². The molecule has 1 amide bonds. The Morgan fingerprint density at radius 3 is 2.37 bits per heavy atom. The third-order valence-corrected chi connectivity index (χ3v) is 8.05. The molecule has 2 fully saturated rings. The molecule has 10 nitrogen and oxygen atoms in total. The average Bonchev–Trinajstić information content (AvgIpc) is 3.40. The number of amidine groups is 1. The lowest BCUT2D eigenvalue weighted by Crippen LogP contribution is -2.56. The van der Waals surface area contributed by atoms with Crippen LogP contribution in [0, 0.1) is 17.8 Å². The molecule has 1 aliphatic carbocycles. The van der Waals surface area contributed by atoms with Gasteiger partial charge in [-0.15, -0.1) is 5.92 Å². The van der Waals surface area contributed by atoms with Crippen LogP contribution in [0.5, 0.6) is 0 Å². The number of likely N-dealkylation sites (tertiary alicyclic amines) is 1. The van der Waals surface area contributed by atoms with Crippen LogP contribution in [0.1, 0.15) is 38.2 Å². The smallest absolute Gasteiger partial charge is 0.357 e. The summed E-state index contributed by atoms with van der Waals surface area (Å²) in [5.74, 6) is 3.51. The van der Waals surface area contributed by atoms with E-state index in [2.05, 4.69) is 16.8 Å². The van der Waals surface area contributed by atoms with Crippen LogP contribution in [0.2, 0.25) is 0 Å². The molecule has 2 unspecified atom stereocenters. The van der Waals surface area contributed by atoms with E-state index in [1.54, 1.807) is 6.92 Å². The highest BCUT2D eigenvalue weighted by molar-refractivity contribution is 6.17. The lowest BCUT2D eigenvalue weighted by Gasteiger charge is -2.40. The van der Waals surface area contributed by atoms with E-state index in [9.17, 15) is 19.2 Å². The van der Waals surface area contributed by atoms with E-state index < -0.39 is 35.4 Å². The Kier molecular flexibility index (Phi) is 6.47. The van der Waals surface area contributed by atoms with E-state index >= 15 is 0 Å². The van der Waals surface area contributed by atoms with E-state index in [1.165, 1.54) is 26.2 Å². The van der Waals surface area contributed by atoms with Gasteiger partial charge in [-0.1, -0.05) is 30.5 Å². The SMILES string of the molecule is CC#CCN1c2ccccc2[C@]23CC(C(=O)OC)N(C(=O)C4CCC4)C2=NC(C(=O)OC)=C(C(=O)OC)C13. The summed E-state index contributed by atoms with van der Waals surface area (Å²) in [6.07, 6.45) is 2.44. The Bertz CT molecular complexity index is 1350. The van der Waals surface area contributed by atoms with Crippen LogP contribution in [0.4, 0.5) is 5.69 Å². The second-order valence-corrected chi connectivity index (χ2v) is 9.71. The number of anilines is 1. The topological polar surface area (TPSA) is 115 Å². The Morgan fingerprint density at radius 1 is 1.05 bits per heavy atom. The standard InChI is InChI=1S/C28H29N3O7/c1-5-6-14-30-18-13-8-7-12-17(18)28-15-19(24(33)36-2)31(23(32)16-10-9-11-16)27(28)29-21(26(35)38-4)20(22(28)30)25(34)37-3/h7-8,12-13,16,19,22H,9-11,14-15H2,1-4H3/t19?,22?,28-/m0/s1. The lowest BCUT2D eigenvalue weighted by molar-refractivity contribution is -0.151. The summed E-state index contributed by atoms with van der Waals surface area (Å²) in [7, 11) is 3.70. The van der Waals surface area contributed by atoms with Gasteiger partial charge in [0.2, 0.25) is 5.91 Å². The molecular formula is C28H29N3O7. The number of hydrogen-bond donors (Lipinski definition) is 0. The molecule has 0 aromatic heterocycles. The van der Waals surface area contributed by atoms with Crippen molar-refractivity contribution >= 4 is 35.3 Å². The maximum atomic E-state index is 13.9. The number of benzene rings is 1. The Hall–Kier alpha value is -4.13. The van der Waals surface area contributed by atoms with E-state index in [4.69, 9.17) is 14.2 Å². The molecule has 5 rings (SSSR count). The summed E-state index contributed by atoms with van der Waals surface area (Å²) in [6, 6.07) is 5.70. The Labute approximate surface area is 220 Å². The highest BCUT2D eigenvalue weighted by Gasteiger charge is 2.68. The van der Waals surface area contributed by atoms with Gasteiger partial charge in [-0.3, -0.25) is 9.69 Å². The predicted molar refractivity (Wildman–Crippen MR) is 136 cm³/mol. The number of nitrogens with zero attached hydrogens (tertiary/aromatic N) is 3. The zero-order chi connectivity index (χ0) is 27.2. The quantitative estimate of drug-likeness (QED) is 0.328. The van der Waals surface area contributed by atoms with E-state index in [1.807, 2.05) is 29.2 Å². The number of rotatable bonds is 5. The number of amides is 1. The molecule has 3 heterocycles. The van der Waals surface area contributed by atoms with Crippen molar-refractivity contribution in [1.82, 2.24) is 4.90 Å². The van der Waals surface area contributed by atoms with Gasteiger partial charge in [-0.2, -0.15) is 0 Å². The zero-order valence-electron chi connectivity index (χ0n) is 21.8. The molecule has 1 aromatic carbocycles. The number of carbonyl (C=O) groups is 4. The lowest BCUT2D eigenvalue weighted by atomic mass is 9.69. The first-order chi connectivity index (χ1) is 18.3. The van der Waals surface area contributed by atoms with Gasteiger partial charge in [0, 0.05) is 11.6 Å². The van der Waals surface area contributed by atoms with Gasteiger partial charge in [0.05, 0.1) is 44.9 Å². The molecule has 0 N–H and O–H groups in total. The Morgan fingerprint density at radius 2 is 1.76 bits per heavy atom. The first-order valence-electron chi connectivity index (χ1n) is 12.5. The van der Waals surface area contributed by atoms with E-state index in [-0.39, 0.29) is 41.9 Å². The van der Waals surface area contributed by atoms with Crippen LogP contribution in [0.25, 0.3) is 0 Å². The van der Waals surface area contributed by atoms with Crippen LogP contribution in [0.3, 0.4) is 0 Å². The van der Waals surface area contributed by atoms with Crippen molar-refractivity contribution in [2.75, 3.05) is 32.8 Å². The fourth-order valence-corrected chi connectivity index (χ4v) is 6.17. The molecule has 198 valence electrons. The van der Waals surface area contributed by atoms with E-state index in [0.717, 1.165) is 17.7 Å². The minimum absolute atomic E-state index is 0.00115. The normalized spacial score (nSPS) is 25.2. The van der Waals surface area contributed by atoms with Gasteiger partial charge < -0.3 is 19.1 Å². The summed E-state index contributed by atoms with van der Waals surface area (Å²) in [4.78, 5) is 61.5. The molecule has 38 heavy (non-hydrogen) atoms. The van der Waals surface area contributed by atoms with Crippen LogP contribution >= 0.6 is 0 Å². The zero-order valence-corrected chi connectivity index (χ0v) is 21.8. The number of hydrogen-bond acceptors (Lipinski definition) is 9. The molecule has 1 aromatic rings. The summed E-state index contributed by atoms with van der Waals surface area (Å²) >= 11 is 0. The minimum Gasteiger partial charge on any atom is -0.467 e. The van der Waals surface area contributed by atoms with Gasteiger partial charge in [-0.05, 0) is 37.8 Å². The molecule has 1 saturated carbocycles. The number of aliphatic imine (C=N–C) groups is 1. The fourth-order valence-electron chi connectivity index (χ4n) is 6.17. The molecular weight excluding hydrogens is 490 g/mol. The summed E-state index contributed by atoms with van der Waals surface area (Å²) in [5.41, 5.74) is 0.172. The van der Waals surface area contributed by atoms with Crippen molar-refractivity contribution in [3.63, 3.8) is 0 Å². The molecule has 0 radical (unpaired) electrons. The van der Waals surface area contributed by atoms with Gasteiger partial charge in [0.15, 0.2) is 5.70 Å². The van der Waals surface area contributed by atoms with Crippen molar-refractivity contribution in [2.24, 2.45) is 10.9 Å². The summed E-state index contributed by atoms with van der Waals surface area (Å²) in [5, 5.41) is 0. The maximum absolute atomic E-state index is 13.9. The van der Waals surface area contributed by atoms with Crippen LogP contribution in [-0.2, 0) is 38.8 Å². The first kappa shape index (κ1) is 25.5. The number of para-hydroxylation sites is 1. The molecule has 3 atom stereocenters. The number of methoxy groups -OCH3 is 3. The molecule has 3 aliphatic heterocycles. The van der Waals surface area contributed by atoms with Crippen LogP contribution < -0.4 is 4.90 Å². The van der Waals surface area contributed by atoms with Gasteiger partial charge in [0.25, 0.3) is 0 Å². The maximum Gasteiger partial charge on any atom is 0.357 e. The summed E-state index contributed by atoms with van der Waals surface area (Å²) in [6.45, 7) is 1.94. The molecule has 4 aliphatic rings. The van der Waals surface area contributed by atoms with Gasteiger partial charge >= 0.3 is 17.9 Å². The molecule has 0 bridgehead atoms. The van der Waals surface area contributed by atoms with Gasteiger partial charge in [-0.25, -0.2) is 19.4 Å². The van der Waals surface area contributed by atoms with Crippen molar-refractivity contribution in [2.45, 2.75) is 50.1 Å². The minimum atomic E-state index is -1.12. The molecule has 1 saturated heterocycles. The third-order valence-electron chi connectivity index (χ3n) is 8.05. The van der Waals surface area contributed by atoms with Crippen molar-refractivity contribution in [3.05, 3.63) is 41.1 Å². The molecule has 10 heteroatoms. The van der Waals surface area contributed by atoms with Crippen molar-refractivity contribution in [3.8, 4) is 11.8 Å². The van der Waals surface area contributed by atoms with Crippen LogP contribution in [0.15, 0.2) is 40.5 Å². The number of fused-ring (bicyclic) bond motifs is 1. The number of esters is 3. The fraction of sp³-hybridized carbons (Fsp3) is 0.464. The van der Waals surface area contributed by atoms with E-state index in [0.29, 0.717) is 12.8 Å². The highest BCUT2D eigenvalue weighted by Crippen LogP contribution is 2.58. The second-order valence-electron chi connectivity index (χ2n) is 9.71.